The first kappa shape index (κ1) is 16.3. The molecule has 1 N–H and O–H groups in total. The van der Waals surface area contributed by atoms with Crippen LogP contribution in [0.1, 0.15) is 0 Å². The molecule has 0 heterocycles. The van der Waals surface area contributed by atoms with Gasteiger partial charge < -0.3 is 5.32 Å². The van der Waals surface area contributed by atoms with Gasteiger partial charge in [0.05, 0.1) is 0 Å². The molecule has 2 rings (SSSR count). The van der Waals surface area contributed by atoms with E-state index in [1.807, 2.05) is 0 Å². The number of nitrogens with zero attached hydrogens (tertiary/aromatic N) is 1. The van der Waals surface area contributed by atoms with Crippen molar-refractivity contribution >= 4 is 28.3 Å². The number of hydrogen-bond acceptors (Lipinski definition) is 2. The summed E-state index contributed by atoms with van der Waals surface area (Å²) in [6.45, 7) is 0. The monoisotopic (exact) mass is 332 g/mol. The molecular formula is C14H9F5N2S. The zero-order valence-corrected chi connectivity index (χ0v) is 11.9. The number of halogens is 5. The van der Waals surface area contributed by atoms with Crippen LogP contribution in [0, 0.1) is 29.1 Å². The van der Waals surface area contributed by atoms with Crippen molar-refractivity contribution in [1.82, 2.24) is 0 Å². The Labute approximate surface area is 127 Å². The number of rotatable bonds is 2. The predicted octanol–water partition coefficient (Wildman–Crippen LogP) is 4.84. The molecular weight excluding hydrogens is 323 g/mol. The number of anilines is 1. The molecule has 0 saturated carbocycles. The highest BCUT2D eigenvalue weighted by molar-refractivity contribution is 8.13. The van der Waals surface area contributed by atoms with Crippen molar-refractivity contribution in [3.63, 3.8) is 0 Å². The lowest BCUT2D eigenvalue weighted by molar-refractivity contribution is 0.448. The quantitative estimate of drug-likeness (QED) is 0.368. The normalized spacial score (nSPS) is 11.6. The SMILES string of the molecule is CSC(=Nc1ccc(F)c(F)c1F)Nc1ccc(F)c(F)c1. The van der Waals surface area contributed by atoms with Gasteiger partial charge in [0.25, 0.3) is 0 Å². The summed E-state index contributed by atoms with van der Waals surface area (Å²) in [6.07, 6.45) is 1.59. The van der Waals surface area contributed by atoms with Crippen LogP contribution in [0.5, 0.6) is 0 Å². The molecule has 0 unspecified atom stereocenters. The molecule has 22 heavy (non-hydrogen) atoms. The topological polar surface area (TPSA) is 24.4 Å². The summed E-state index contributed by atoms with van der Waals surface area (Å²) in [4.78, 5) is 3.80. The minimum atomic E-state index is -1.63. The zero-order chi connectivity index (χ0) is 16.3. The number of benzene rings is 2. The number of aliphatic imine (C=N–C) groups is 1. The van der Waals surface area contributed by atoms with Crippen LogP contribution in [0.4, 0.5) is 33.3 Å². The van der Waals surface area contributed by atoms with Gasteiger partial charge >= 0.3 is 0 Å². The first-order valence-electron chi connectivity index (χ1n) is 5.90. The summed E-state index contributed by atoms with van der Waals surface area (Å²) >= 11 is 1.03. The van der Waals surface area contributed by atoms with E-state index in [-0.39, 0.29) is 10.9 Å². The van der Waals surface area contributed by atoms with Gasteiger partial charge in [0.1, 0.15) is 5.69 Å². The Kier molecular flexibility index (Phi) is 5.02. The Balaban J connectivity index is 2.31. The molecule has 0 aliphatic rings. The Morgan fingerprint density at radius 3 is 2.23 bits per heavy atom. The predicted molar refractivity (Wildman–Crippen MR) is 76.9 cm³/mol. The molecule has 0 fully saturated rings. The summed E-state index contributed by atoms with van der Waals surface area (Å²) in [7, 11) is 0. The van der Waals surface area contributed by atoms with Crippen molar-refractivity contribution in [2.45, 2.75) is 0 Å². The van der Waals surface area contributed by atoms with E-state index in [0.717, 1.165) is 36.0 Å². The Morgan fingerprint density at radius 2 is 1.59 bits per heavy atom. The van der Waals surface area contributed by atoms with Crippen molar-refractivity contribution in [3.05, 3.63) is 59.4 Å². The maximum absolute atomic E-state index is 13.5. The van der Waals surface area contributed by atoms with Crippen molar-refractivity contribution in [2.24, 2.45) is 4.99 Å². The Morgan fingerprint density at radius 1 is 0.909 bits per heavy atom. The van der Waals surface area contributed by atoms with Gasteiger partial charge in [-0.05, 0) is 30.5 Å². The molecule has 0 amide bonds. The standard InChI is InChI=1S/C14H9F5N2S/c1-22-14(20-7-2-3-8(15)10(17)6-7)21-11-5-4-9(16)12(18)13(11)19/h2-6H,1H3,(H,20,21). The number of nitrogens with one attached hydrogen (secondary N) is 1. The molecule has 8 heteroatoms. The third-order valence-corrected chi connectivity index (χ3v) is 3.18. The average molecular weight is 332 g/mol. The maximum atomic E-state index is 13.5. The fraction of sp³-hybridized carbons (Fsp3) is 0.0714. The highest BCUT2D eigenvalue weighted by atomic mass is 32.2. The van der Waals surface area contributed by atoms with E-state index in [1.165, 1.54) is 6.07 Å². The van der Waals surface area contributed by atoms with E-state index < -0.39 is 34.8 Å². The number of thioether (sulfide) groups is 1. The third-order valence-electron chi connectivity index (χ3n) is 2.60. The average Bonchev–Trinajstić information content (AvgIpc) is 2.50. The second-order valence-corrected chi connectivity index (χ2v) is 4.86. The lowest BCUT2D eigenvalue weighted by Crippen LogP contribution is -2.07. The maximum Gasteiger partial charge on any atom is 0.196 e. The van der Waals surface area contributed by atoms with Crippen molar-refractivity contribution in [2.75, 3.05) is 11.6 Å². The summed E-state index contributed by atoms with van der Waals surface area (Å²) in [5.74, 6) is -6.46. The smallest absolute Gasteiger partial charge is 0.196 e. The fourth-order valence-corrected chi connectivity index (χ4v) is 1.94. The van der Waals surface area contributed by atoms with Crippen LogP contribution in [0.25, 0.3) is 0 Å². The van der Waals surface area contributed by atoms with Crippen LogP contribution >= 0.6 is 11.8 Å². The van der Waals surface area contributed by atoms with E-state index in [4.69, 9.17) is 0 Å². The molecule has 0 atom stereocenters. The minimum Gasteiger partial charge on any atom is -0.335 e. The molecule has 0 aliphatic heterocycles. The molecule has 2 nitrogen and oxygen atoms in total. The first-order valence-corrected chi connectivity index (χ1v) is 7.13. The van der Waals surface area contributed by atoms with Crippen LogP contribution < -0.4 is 5.32 Å². The summed E-state index contributed by atoms with van der Waals surface area (Å²) in [5.41, 5.74) is -0.242. The third kappa shape index (κ3) is 3.56. The summed E-state index contributed by atoms with van der Waals surface area (Å²) in [6, 6.07) is 4.77. The summed E-state index contributed by atoms with van der Waals surface area (Å²) in [5, 5.41) is 2.72. The van der Waals surface area contributed by atoms with Gasteiger partial charge in [-0.1, -0.05) is 11.8 Å². The molecule has 2 aromatic carbocycles. The van der Waals surface area contributed by atoms with Crippen molar-refractivity contribution < 1.29 is 22.0 Å². The van der Waals surface area contributed by atoms with Crippen LogP contribution in [0.3, 0.4) is 0 Å². The van der Waals surface area contributed by atoms with E-state index >= 15 is 0 Å². The van der Waals surface area contributed by atoms with Gasteiger partial charge in [0.2, 0.25) is 0 Å². The number of hydrogen-bond donors (Lipinski definition) is 1. The van der Waals surface area contributed by atoms with Gasteiger partial charge in [-0.3, -0.25) is 0 Å². The zero-order valence-electron chi connectivity index (χ0n) is 11.1. The van der Waals surface area contributed by atoms with E-state index in [0.29, 0.717) is 0 Å². The van der Waals surface area contributed by atoms with Crippen molar-refractivity contribution in [1.29, 1.82) is 0 Å². The van der Waals surface area contributed by atoms with E-state index in [9.17, 15) is 22.0 Å². The summed E-state index contributed by atoms with van der Waals surface area (Å²) < 4.78 is 65.5. The molecule has 0 spiro atoms. The van der Waals surface area contributed by atoms with Gasteiger partial charge in [0.15, 0.2) is 34.3 Å². The molecule has 0 aliphatic carbocycles. The molecule has 0 saturated heterocycles. The van der Waals surface area contributed by atoms with Crippen LogP contribution in [0.15, 0.2) is 35.3 Å². The van der Waals surface area contributed by atoms with Gasteiger partial charge in [-0.15, -0.1) is 0 Å². The lowest BCUT2D eigenvalue weighted by Gasteiger charge is -2.08. The molecule has 0 aromatic heterocycles. The second kappa shape index (κ2) is 6.78. The van der Waals surface area contributed by atoms with Gasteiger partial charge in [-0.25, -0.2) is 26.9 Å². The van der Waals surface area contributed by atoms with Crippen LogP contribution in [0.2, 0.25) is 0 Å². The Bertz CT molecular complexity index is 733. The highest BCUT2D eigenvalue weighted by Crippen LogP contribution is 2.24. The van der Waals surface area contributed by atoms with E-state index in [2.05, 4.69) is 10.3 Å². The first-order chi connectivity index (χ1) is 10.4. The van der Waals surface area contributed by atoms with Crippen LogP contribution in [-0.2, 0) is 0 Å². The largest absolute Gasteiger partial charge is 0.335 e. The highest BCUT2D eigenvalue weighted by Gasteiger charge is 2.14. The minimum absolute atomic E-state index is 0.0934. The Hall–Kier alpha value is -2.09. The lowest BCUT2D eigenvalue weighted by atomic mass is 10.3. The molecule has 0 bridgehead atoms. The van der Waals surface area contributed by atoms with Crippen LogP contribution in [-0.4, -0.2) is 11.4 Å². The second-order valence-electron chi connectivity index (χ2n) is 4.07. The molecule has 116 valence electrons. The van der Waals surface area contributed by atoms with Gasteiger partial charge in [0, 0.05) is 11.8 Å². The van der Waals surface area contributed by atoms with E-state index in [1.54, 1.807) is 6.26 Å². The van der Waals surface area contributed by atoms with Crippen molar-refractivity contribution in [3.8, 4) is 0 Å². The molecule has 2 aromatic rings. The fourth-order valence-electron chi connectivity index (χ4n) is 1.53. The van der Waals surface area contributed by atoms with Gasteiger partial charge in [-0.2, -0.15) is 0 Å². The number of amidine groups is 1. The molecule has 0 radical (unpaired) electrons.